The number of fused-ring (bicyclic) bond motifs is 2. The maximum Gasteiger partial charge on any atom is 0.324 e. The monoisotopic (exact) mass is 398 g/mol. The fourth-order valence-corrected chi connectivity index (χ4v) is 4.74. The molecule has 1 aliphatic carbocycles. The van der Waals surface area contributed by atoms with Crippen LogP contribution < -0.4 is 21.2 Å². The lowest BCUT2D eigenvalue weighted by molar-refractivity contribution is 0.188. The van der Waals surface area contributed by atoms with Gasteiger partial charge in [-0.1, -0.05) is 0 Å². The van der Waals surface area contributed by atoms with Gasteiger partial charge in [-0.25, -0.2) is 20.3 Å². The summed E-state index contributed by atoms with van der Waals surface area (Å²) < 4.78 is 0. The fraction of sp³-hybridized carbons (Fsp3) is 0.556. The molecule has 0 radical (unpaired) electrons. The summed E-state index contributed by atoms with van der Waals surface area (Å²) in [6.07, 6.45) is 5.63. The van der Waals surface area contributed by atoms with Crippen molar-refractivity contribution in [3.63, 3.8) is 0 Å². The summed E-state index contributed by atoms with van der Waals surface area (Å²) in [6.45, 7) is 4.27. The third kappa shape index (κ3) is 3.20. The number of guanidine groups is 1. The normalized spacial score (nSPS) is 26.2. The van der Waals surface area contributed by atoms with Crippen LogP contribution in [0.2, 0.25) is 0 Å². The van der Waals surface area contributed by atoms with Crippen LogP contribution in [-0.2, 0) is 0 Å². The van der Waals surface area contributed by atoms with Gasteiger partial charge < -0.3 is 14.8 Å². The minimum atomic E-state index is -0.0971. The van der Waals surface area contributed by atoms with Crippen LogP contribution in [0.5, 0.6) is 0 Å². The molecule has 2 unspecified atom stereocenters. The Balaban J connectivity index is 1.19. The quantitative estimate of drug-likeness (QED) is 0.592. The van der Waals surface area contributed by atoms with E-state index >= 15 is 0 Å². The van der Waals surface area contributed by atoms with Gasteiger partial charge in [0.2, 0.25) is 5.96 Å². The van der Waals surface area contributed by atoms with Crippen molar-refractivity contribution in [3.8, 4) is 0 Å². The minimum Gasteiger partial charge on any atom is -0.356 e. The molecule has 4 heterocycles. The van der Waals surface area contributed by atoms with Gasteiger partial charge in [0.05, 0.1) is 5.39 Å². The molecule has 154 valence electrons. The van der Waals surface area contributed by atoms with E-state index in [1.807, 2.05) is 24.1 Å². The molecular formula is C18H26N10O. The highest BCUT2D eigenvalue weighted by Gasteiger charge is 2.44. The largest absolute Gasteiger partial charge is 0.356 e. The Morgan fingerprint density at radius 2 is 2.10 bits per heavy atom. The van der Waals surface area contributed by atoms with Crippen molar-refractivity contribution in [2.45, 2.75) is 25.8 Å². The SMILES string of the molecule is CCN1NN=C(NC(=O)N2CC3CC(N(C)c4ncnc5[nH]ccc45)C[C@H]3C2)N1. The van der Waals surface area contributed by atoms with Gasteiger partial charge in [0.25, 0.3) is 0 Å². The number of hydrazone groups is 1. The molecular weight excluding hydrogens is 372 g/mol. The molecule has 11 nitrogen and oxygen atoms in total. The summed E-state index contributed by atoms with van der Waals surface area (Å²) in [5, 5.41) is 9.65. The molecule has 1 saturated carbocycles. The number of H-pyrrole nitrogens is 1. The number of aromatic amines is 1. The van der Waals surface area contributed by atoms with Crippen molar-refractivity contribution < 1.29 is 4.79 Å². The molecule has 3 atom stereocenters. The van der Waals surface area contributed by atoms with Gasteiger partial charge in [-0.3, -0.25) is 10.7 Å². The van der Waals surface area contributed by atoms with Crippen LogP contribution in [0, 0.1) is 11.8 Å². The van der Waals surface area contributed by atoms with E-state index in [1.54, 1.807) is 11.4 Å². The zero-order valence-electron chi connectivity index (χ0n) is 16.6. The third-order valence-electron chi connectivity index (χ3n) is 6.29. The molecule has 4 N–H and O–H groups in total. The van der Waals surface area contributed by atoms with E-state index in [-0.39, 0.29) is 6.03 Å². The Morgan fingerprint density at radius 3 is 2.83 bits per heavy atom. The predicted molar refractivity (Wildman–Crippen MR) is 108 cm³/mol. The molecule has 2 aromatic rings. The summed E-state index contributed by atoms with van der Waals surface area (Å²) in [6, 6.07) is 2.35. The van der Waals surface area contributed by atoms with Crippen molar-refractivity contribution in [3.05, 3.63) is 18.6 Å². The second kappa shape index (κ2) is 7.07. The van der Waals surface area contributed by atoms with E-state index in [9.17, 15) is 4.79 Å². The smallest absolute Gasteiger partial charge is 0.324 e. The lowest BCUT2D eigenvalue weighted by Crippen LogP contribution is -2.50. The van der Waals surface area contributed by atoms with E-state index in [1.165, 1.54) is 0 Å². The van der Waals surface area contributed by atoms with E-state index in [0.717, 1.165) is 49.3 Å². The number of likely N-dealkylation sites (tertiary alicyclic amines) is 1. The first-order valence-electron chi connectivity index (χ1n) is 10.1. The standard InChI is InChI=1S/C18H26N10O/c1-3-28-24-17(23-25-28)22-18(29)27-8-11-6-13(7-12(11)9-27)26(2)16-14-4-5-19-15(14)20-10-21-16/h4-5,10-13,25H,3,6-9H2,1-2H3,(H,19,20,21)(H2,22,23,24,29)/t11-,12?,13?/m0/s1. The van der Waals surface area contributed by atoms with Crippen molar-refractivity contribution in [1.82, 2.24) is 41.2 Å². The van der Waals surface area contributed by atoms with Crippen LogP contribution >= 0.6 is 0 Å². The number of nitrogens with zero attached hydrogens (tertiary/aromatic N) is 6. The minimum absolute atomic E-state index is 0.0971. The molecule has 0 bridgehead atoms. The van der Waals surface area contributed by atoms with Crippen molar-refractivity contribution in [2.75, 3.05) is 31.6 Å². The van der Waals surface area contributed by atoms with Gasteiger partial charge in [-0.05, 0) is 37.7 Å². The van der Waals surface area contributed by atoms with E-state index < -0.39 is 0 Å². The Bertz CT molecular complexity index is 928. The molecule has 5 rings (SSSR count). The molecule has 2 amide bonds. The van der Waals surface area contributed by atoms with Crippen LogP contribution in [0.1, 0.15) is 19.8 Å². The van der Waals surface area contributed by atoms with E-state index in [4.69, 9.17) is 0 Å². The van der Waals surface area contributed by atoms with E-state index in [0.29, 0.717) is 23.8 Å². The highest BCUT2D eigenvalue weighted by molar-refractivity contribution is 5.96. The zero-order chi connectivity index (χ0) is 20.0. The van der Waals surface area contributed by atoms with Crippen molar-refractivity contribution in [1.29, 1.82) is 0 Å². The number of nitrogens with one attached hydrogen (secondary N) is 4. The molecule has 2 fully saturated rings. The lowest BCUT2D eigenvalue weighted by atomic mass is 10.0. The Kier molecular flexibility index (Phi) is 4.38. The number of rotatable bonds is 3. The number of hydrogen-bond acceptors (Lipinski definition) is 8. The van der Waals surface area contributed by atoms with E-state index in [2.05, 4.69) is 48.3 Å². The number of hydrogen-bond donors (Lipinski definition) is 4. The third-order valence-corrected chi connectivity index (χ3v) is 6.29. The highest BCUT2D eigenvalue weighted by atomic mass is 16.2. The number of carbonyl (C=O) groups is 1. The number of carbonyl (C=O) groups excluding carboxylic acids is 1. The van der Waals surface area contributed by atoms with Crippen LogP contribution in [0.3, 0.4) is 0 Å². The molecule has 3 aliphatic rings. The number of urea groups is 1. The van der Waals surface area contributed by atoms with Gasteiger partial charge >= 0.3 is 6.03 Å². The first-order valence-corrected chi connectivity index (χ1v) is 10.1. The molecule has 0 aromatic carbocycles. The first-order chi connectivity index (χ1) is 14.1. The zero-order valence-corrected chi connectivity index (χ0v) is 16.6. The summed E-state index contributed by atoms with van der Waals surface area (Å²) in [5.74, 6) is 2.43. The molecule has 2 aliphatic heterocycles. The van der Waals surface area contributed by atoms with Crippen LogP contribution in [0.15, 0.2) is 23.7 Å². The molecule has 1 saturated heterocycles. The average molecular weight is 398 g/mol. The molecule has 11 heteroatoms. The van der Waals surface area contributed by atoms with Crippen molar-refractivity contribution >= 4 is 28.8 Å². The Labute approximate surface area is 168 Å². The maximum atomic E-state index is 12.6. The number of amides is 2. The van der Waals surface area contributed by atoms with Gasteiger partial charge in [0.1, 0.15) is 17.8 Å². The predicted octanol–water partition coefficient (Wildman–Crippen LogP) is 0.430. The summed E-state index contributed by atoms with van der Waals surface area (Å²) in [4.78, 5) is 28.7. The Morgan fingerprint density at radius 1 is 1.31 bits per heavy atom. The Hall–Kier alpha value is -3.08. The molecule has 29 heavy (non-hydrogen) atoms. The second-order valence-corrected chi connectivity index (χ2v) is 7.95. The van der Waals surface area contributed by atoms with Crippen molar-refractivity contribution in [2.24, 2.45) is 16.9 Å². The van der Waals surface area contributed by atoms with Crippen LogP contribution in [-0.4, -0.2) is 69.7 Å². The number of aromatic nitrogens is 3. The van der Waals surface area contributed by atoms with Crippen LogP contribution in [0.4, 0.5) is 10.6 Å². The number of anilines is 1. The highest BCUT2D eigenvalue weighted by Crippen LogP contribution is 2.41. The number of hydrazine groups is 2. The lowest BCUT2D eigenvalue weighted by Gasteiger charge is -2.28. The van der Waals surface area contributed by atoms with Gasteiger partial charge in [0, 0.05) is 38.9 Å². The summed E-state index contributed by atoms with van der Waals surface area (Å²) in [7, 11) is 2.11. The summed E-state index contributed by atoms with van der Waals surface area (Å²) >= 11 is 0. The average Bonchev–Trinajstić information content (AvgIpc) is 3.48. The molecule has 2 aromatic heterocycles. The van der Waals surface area contributed by atoms with Crippen LogP contribution in [0.25, 0.3) is 11.0 Å². The van der Waals surface area contributed by atoms with Gasteiger partial charge in [-0.2, -0.15) is 0 Å². The second-order valence-electron chi connectivity index (χ2n) is 7.95. The molecule has 0 spiro atoms. The van der Waals surface area contributed by atoms with Gasteiger partial charge in [0.15, 0.2) is 0 Å². The first kappa shape index (κ1) is 18.0. The topological polar surface area (TPSA) is 117 Å². The van der Waals surface area contributed by atoms with Gasteiger partial charge in [-0.15, -0.1) is 10.2 Å². The fourth-order valence-electron chi connectivity index (χ4n) is 4.74. The summed E-state index contributed by atoms with van der Waals surface area (Å²) in [5.41, 5.74) is 6.65. The maximum absolute atomic E-state index is 12.6.